The van der Waals surface area contributed by atoms with E-state index in [4.69, 9.17) is 4.98 Å². The van der Waals surface area contributed by atoms with E-state index in [1.807, 2.05) is 54.5 Å². The topological polar surface area (TPSA) is 55.2 Å². The smallest absolute Gasteiger partial charge is 0.267 e. The third-order valence-corrected chi connectivity index (χ3v) is 6.97. The summed E-state index contributed by atoms with van der Waals surface area (Å²) in [7, 11) is 0. The summed E-state index contributed by atoms with van der Waals surface area (Å²) in [4.78, 5) is 33.6. The van der Waals surface area contributed by atoms with Crippen molar-refractivity contribution in [2.45, 2.75) is 43.5 Å². The molecule has 0 bridgehead atoms. The molecule has 0 saturated carbocycles. The SMILES string of the molecule is Cc1ccccc1-n1c(SC(C)C(=O)N2CCCCC2)nc2sccc2c1=O. The van der Waals surface area contributed by atoms with Gasteiger partial charge in [-0.05, 0) is 56.2 Å². The zero-order valence-corrected chi connectivity index (χ0v) is 17.7. The minimum atomic E-state index is -0.294. The molecule has 2 aromatic heterocycles. The molecule has 3 aromatic rings. The van der Waals surface area contributed by atoms with Crippen molar-refractivity contribution < 1.29 is 4.79 Å². The molecule has 1 amide bonds. The van der Waals surface area contributed by atoms with Gasteiger partial charge in [0.15, 0.2) is 5.16 Å². The van der Waals surface area contributed by atoms with E-state index < -0.39 is 0 Å². The van der Waals surface area contributed by atoms with Crippen LogP contribution in [0, 0.1) is 6.92 Å². The van der Waals surface area contributed by atoms with Gasteiger partial charge in [0, 0.05) is 13.1 Å². The first-order valence-corrected chi connectivity index (χ1v) is 11.3. The molecule has 0 aliphatic carbocycles. The van der Waals surface area contributed by atoms with E-state index in [0.29, 0.717) is 10.5 Å². The van der Waals surface area contributed by atoms with Gasteiger partial charge in [-0.25, -0.2) is 4.98 Å². The molecule has 1 aliphatic heterocycles. The number of rotatable bonds is 4. The summed E-state index contributed by atoms with van der Waals surface area (Å²) >= 11 is 2.83. The lowest BCUT2D eigenvalue weighted by molar-refractivity contribution is -0.131. The maximum atomic E-state index is 13.2. The summed E-state index contributed by atoms with van der Waals surface area (Å²) in [6.07, 6.45) is 3.32. The van der Waals surface area contributed by atoms with Crippen LogP contribution in [0.4, 0.5) is 0 Å². The monoisotopic (exact) mass is 413 g/mol. The third-order valence-electron chi connectivity index (χ3n) is 5.12. The van der Waals surface area contributed by atoms with Gasteiger partial charge in [0.1, 0.15) is 4.83 Å². The van der Waals surface area contributed by atoms with E-state index >= 15 is 0 Å². The maximum absolute atomic E-state index is 13.2. The number of hydrogen-bond acceptors (Lipinski definition) is 5. The number of thiophene rings is 1. The van der Waals surface area contributed by atoms with Crippen molar-refractivity contribution in [3.8, 4) is 5.69 Å². The standard InChI is InChI=1S/C21H23N3O2S2/c1-14-8-4-5-9-17(14)24-20(26)16-10-13-27-18(16)22-21(24)28-15(2)19(25)23-11-6-3-7-12-23/h4-5,8-10,13,15H,3,6-7,11-12H2,1-2H3. The number of thioether (sulfide) groups is 1. The van der Waals surface area contributed by atoms with Gasteiger partial charge in [0.25, 0.3) is 5.56 Å². The van der Waals surface area contributed by atoms with Crippen LogP contribution >= 0.6 is 23.1 Å². The van der Waals surface area contributed by atoms with Gasteiger partial charge >= 0.3 is 0 Å². The molecule has 4 rings (SSSR count). The fraction of sp³-hybridized carbons (Fsp3) is 0.381. The van der Waals surface area contributed by atoms with Crippen molar-refractivity contribution >= 4 is 39.2 Å². The fourth-order valence-electron chi connectivity index (χ4n) is 3.58. The Kier molecular flexibility index (Phi) is 5.55. The highest BCUT2D eigenvalue weighted by Gasteiger charge is 2.25. The summed E-state index contributed by atoms with van der Waals surface area (Å²) in [6, 6.07) is 9.61. The van der Waals surface area contributed by atoms with Crippen LogP contribution in [0.3, 0.4) is 0 Å². The van der Waals surface area contributed by atoms with Gasteiger partial charge in [-0.15, -0.1) is 11.3 Å². The summed E-state index contributed by atoms with van der Waals surface area (Å²) < 4.78 is 1.66. The number of likely N-dealkylation sites (tertiary alicyclic amines) is 1. The zero-order valence-electron chi connectivity index (χ0n) is 16.1. The van der Waals surface area contributed by atoms with Crippen molar-refractivity contribution in [2.24, 2.45) is 0 Å². The van der Waals surface area contributed by atoms with Crippen LogP contribution in [0.5, 0.6) is 0 Å². The highest BCUT2D eigenvalue weighted by molar-refractivity contribution is 8.00. The van der Waals surface area contributed by atoms with E-state index in [1.165, 1.54) is 29.5 Å². The number of para-hydroxylation sites is 1. The maximum Gasteiger partial charge on any atom is 0.267 e. The predicted molar refractivity (Wildman–Crippen MR) is 116 cm³/mol. The Morgan fingerprint density at radius 3 is 2.68 bits per heavy atom. The Morgan fingerprint density at radius 1 is 1.18 bits per heavy atom. The number of carbonyl (C=O) groups is 1. The van der Waals surface area contributed by atoms with Gasteiger partial charge in [-0.1, -0.05) is 30.0 Å². The van der Waals surface area contributed by atoms with Gasteiger partial charge in [0.05, 0.1) is 16.3 Å². The first-order chi connectivity index (χ1) is 13.6. The number of benzene rings is 1. The van der Waals surface area contributed by atoms with Gasteiger partial charge in [0.2, 0.25) is 5.91 Å². The van der Waals surface area contributed by atoms with Crippen LogP contribution in [-0.2, 0) is 4.79 Å². The summed E-state index contributed by atoms with van der Waals surface area (Å²) in [5, 5.41) is 2.79. The highest BCUT2D eigenvalue weighted by atomic mass is 32.2. The number of piperidine rings is 1. The van der Waals surface area contributed by atoms with Crippen LogP contribution in [-0.4, -0.2) is 38.7 Å². The molecule has 0 N–H and O–H groups in total. The third kappa shape index (κ3) is 3.61. The lowest BCUT2D eigenvalue weighted by Crippen LogP contribution is -2.40. The average Bonchev–Trinajstić information content (AvgIpc) is 3.18. The Hall–Kier alpha value is -2.12. The summed E-state index contributed by atoms with van der Waals surface area (Å²) in [6.45, 7) is 5.54. The second-order valence-corrected chi connectivity index (χ2v) is 9.31. The van der Waals surface area contributed by atoms with Crippen LogP contribution in [0.1, 0.15) is 31.7 Å². The molecule has 1 unspecified atom stereocenters. The van der Waals surface area contributed by atoms with E-state index in [0.717, 1.165) is 42.0 Å². The van der Waals surface area contributed by atoms with Crippen molar-refractivity contribution in [1.29, 1.82) is 0 Å². The lowest BCUT2D eigenvalue weighted by atomic mass is 10.1. The normalized spacial score (nSPS) is 15.7. The van der Waals surface area contributed by atoms with Crippen LogP contribution < -0.4 is 5.56 Å². The molecule has 28 heavy (non-hydrogen) atoms. The molecule has 3 heterocycles. The first-order valence-electron chi connectivity index (χ1n) is 9.58. The van der Waals surface area contributed by atoms with Crippen LogP contribution in [0.25, 0.3) is 15.9 Å². The number of fused-ring (bicyclic) bond motifs is 1. The molecule has 1 saturated heterocycles. The molecule has 5 nitrogen and oxygen atoms in total. The number of nitrogens with zero attached hydrogens (tertiary/aromatic N) is 3. The summed E-state index contributed by atoms with van der Waals surface area (Å²) in [5.41, 5.74) is 1.73. The first kappa shape index (κ1) is 19.2. The van der Waals surface area contributed by atoms with E-state index in [9.17, 15) is 9.59 Å². The van der Waals surface area contributed by atoms with Gasteiger partial charge < -0.3 is 4.90 Å². The van der Waals surface area contributed by atoms with Crippen molar-refractivity contribution in [2.75, 3.05) is 13.1 Å². The van der Waals surface area contributed by atoms with Crippen molar-refractivity contribution in [3.05, 3.63) is 51.6 Å². The van der Waals surface area contributed by atoms with Crippen molar-refractivity contribution in [1.82, 2.24) is 14.5 Å². The molecule has 1 aromatic carbocycles. The average molecular weight is 414 g/mol. The predicted octanol–water partition coefficient (Wildman–Crippen LogP) is 4.25. The minimum absolute atomic E-state index is 0.0827. The molecule has 0 spiro atoms. The fourth-order valence-corrected chi connectivity index (χ4v) is 5.39. The Labute approximate surface area is 172 Å². The van der Waals surface area contributed by atoms with E-state index in [-0.39, 0.29) is 16.7 Å². The number of carbonyl (C=O) groups excluding carboxylic acids is 1. The Bertz CT molecular complexity index is 1070. The number of aryl methyl sites for hydroxylation is 1. The quantitative estimate of drug-likeness (QED) is 0.474. The zero-order chi connectivity index (χ0) is 19.7. The number of aromatic nitrogens is 2. The second kappa shape index (κ2) is 8.09. The minimum Gasteiger partial charge on any atom is -0.342 e. The molecule has 7 heteroatoms. The lowest BCUT2D eigenvalue weighted by Gasteiger charge is -2.29. The molecule has 0 radical (unpaired) electrons. The molecular weight excluding hydrogens is 390 g/mol. The largest absolute Gasteiger partial charge is 0.342 e. The van der Waals surface area contributed by atoms with Crippen molar-refractivity contribution in [3.63, 3.8) is 0 Å². The molecule has 146 valence electrons. The van der Waals surface area contributed by atoms with Gasteiger partial charge in [-0.2, -0.15) is 0 Å². The Balaban J connectivity index is 1.75. The molecule has 1 aliphatic rings. The number of amides is 1. The number of hydrogen-bond donors (Lipinski definition) is 0. The molecule has 1 atom stereocenters. The van der Waals surface area contributed by atoms with E-state index in [2.05, 4.69) is 0 Å². The Morgan fingerprint density at radius 2 is 1.93 bits per heavy atom. The van der Waals surface area contributed by atoms with E-state index in [1.54, 1.807) is 4.57 Å². The molecule has 1 fully saturated rings. The molecular formula is C21H23N3O2S2. The van der Waals surface area contributed by atoms with Gasteiger partial charge in [-0.3, -0.25) is 14.2 Å². The second-order valence-electron chi connectivity index (χ2n) is 7.11. The van der Waals surface area contributed by atoms with Crippen LogP contribution in [0.15, 0.2) is 45.7 Å². The van der Waals surface area contributed by atoms with Crippen LogP contribution in [0.2, 0.25) is 0 Å². The highest BCUT2D eigenvalue weighted by Crippen LogP contribution is 2.29. The summed E-state index contributed by atoms with van der Waals surface area (Å²) in [5.74, 6) is 0.126.